The Kier molecular flexibility index (Phi) is 4.92. The zero-order valence-corrected chi connectivity index (χ0v) is 14.3. The van der Waals surface area contributed by atoms with Crippen LogP contribution in [-0.4, -0.2) is 45.9 Å². The molecule has 7 nitrogen and oxygen atoms in total. The number of aromatic nitrogens is 2. The second-order valence-corrected chi connectivity index (χ2v) is 6.17. The molecule has 2 aromatic heterocycles. The third kappa shape index (κ3) is 3.76. The van der Waals surface area contributed by atoms with Crippen LogP contribution in [0, 0.1) is 0 Å². The largest absolute Gasteiger partial charge is 0.348 e. The van der Waals surface area contributed by atoms with Crippen molar-refractivity contribution in [3.8, 4) is 0 Å². The van der Waals surface area contributed by atoms with Crippen LogP contribution in [0.5, 0.6) is 0 Å². The van der Waals surface area contributed by atoms with Gasteiger partial charge in [-0.15, -0.1) is 0 Å². The summed E-state index contributed by atoms with van der Waals surface area (Å²) >= 11 is 0. The van der Waals surface area contributed by atoms with Gasteiger partial charge in [0.05, 0.1) is 5.56 Å². The lowest BCUT2D eigenvalue weighted by molar-refractivity contribution is 0.0950. The van der Waals surface area contributed by atoms with Crippen molar-refractivity contribution in [2.75, 3.05) is 18.0 Å². The zero-order chi connectivity index (χ0) is 17.8. The highest BCUT2D eigenvalue weighted by Crippen LogP contribution is 2.19. The van der Waals surface area contributed by atoms with Gasteiger partial charge in [-0.2, -0.15) is 0 Å². The van der Waals surface area contributed by atoms with Crippen molar-refractivity contribution >= 4 is 17.8 Å². The first-order valence-electron chi connectivity index (χ1n) is 8.27. The molecule has 3 rings (SSSR count). The SMILES string of the molecule is CC(C)N1CCN(c2ccc(CNC(=O)c3cccnc3)cn2)C1=O. The number of amides is 3. The molecule has 0 atom stereocenters. The third-order valence-corrected chi connectivity index (χ3v) is 4.13. The molecule has 1 aliphatic heterocycles. The maximum atomic E-state index is 12.4. The minimum atomic E-state index is -0.181. The number of rotatable bonds is 5. The van der Waals surface area contributed by atoms with Crippen LogP contribution in [0.25, 0.3) is 0 Å². The summed E-state index contributed by atoms with van der Waals surface area (Å²) in [5.41, 5.74) is 1.39. The number of carbonyl (C=O) groups excluding carboxylic acids is 2. The van der Waals surface area contributed by atoms with E-state index in [1.165, 1.54) is 6.20 Å². The Morgan fingerprint density at radius 2 is 2.08 bits per heavy atom. The number of anilines is 1. The molecule has 1 N–H and O–H groups in total. The Bertz CT molecular complexity index is 746. The number of urea groups is 1. The van der Waals surface area contributed by atoms with Gasteiger partial charge in [0.1, 0.15) is 5.82 Å². The lowest BCUT2D eigenvalue weighted by Crippen LogP contribution is -2.36. The van der Waals surface area contributed by atoms with Gasteiger partial charge in [-0.1, -0.05) is 6.07 Å². The van der Waals surface area contributed by atoms with E-state index in [2.05, 4.69) is 15.3 Å². The van der Waals surface area contributed by atoms with Crippen molar-refractivity contribution < 1.29 is 9.59 Å². The number of pyridine rings is 2. The topological polar surface area (TPSA) is 78.4 Å². The summed E-state index contributed by atoms with van der Waals surface area (Å²) in [7, 11) is 0. The van der Waals surface area contributed by atoms with Crippen LogP contribution in [-0.2, 0) is 6.54 Å². The van der Waals surface area contributed by atoms with Crippen LogP contribution in [0.15, 0.2) is 42.9 Å². The van der Waals surface area contributed by atoms with Crippen LogP contribution in [0.2, 0.25) is 0 Å². The Balaban J connectivity index is 1.59. The van der Waals surface area contributed by atoms with E-state index in [0.29, 0.717) is 31.0 Å². The average Bonchev–Trinajstić information content (AvgIpc) is 3.02. The number of hydrogen-bond donors (Lipinski definition) is 1. The molecule has 3 heterocycles. The molecule has 0 aliphatic carbocycles. The molecule has 0 bridgehead atoms. The van der Waals surface area contributed by atoms with E-state index in [1.807, 2.05) is 30.9 Å². The van der Waals surface area contributed by atoms with Crippen LogP contribution < -0.4 is 10.2 Å². The van der Waals surface area contributed by atoms with Crippen molar-refractivity contribution in [3.63, 3.8) is 0 Å². The first kappa shape index (κ1) is 16.9. The van der Waals surface area contributed by atoms with E-state index in [-0.39, 0.29) is 18.0 Å². The highest BCUT2D eigenvalue weighted by atomic mass is 16.2. The summed E-state index contributed by atoms with van der Waals surface area (Å²) in [5.74, 6) is 0.454. The summed E-state index contributed by atoms with van der Waals surface area (Å²) in [5, 5.41) is 2.83. The standard InChI is InChI=1S/C18H21N5O2/c1-13(2)22-8-9-23(18(22)25)16-6-5-14(10-20-16)11-21-17(24)15-4-3-7-19-12-15/h3-7,10,12-13H,8-9,11H2,1-2H3,(H,21,24). The molecule has 0 unspecified atom stereocenters. The van der Waals surface area contributed by atoms with E-state index in [9.17, 15) is 9.59 Å². The molecule has 0 radical (unpaired) electrons. The molecule has 1 aliphatic rings. The van der Waals surface area contributed by atoms with Crippen molar-refractivity contribution in [2.24, 2.45) is 0 Å². The highest BCUT2D eigenvalue weighted by molar-refractivity contribution is 5.94. The van der Waals surface area contributed by atoms with Crippen LogP contribution in [0.1, 0.15) is 29.8 Å². The van der Waals surface area contributed by atoms with Crippen molar-refractivity contribution in [1.29, 1.82) is 0 Å². The number of hydrogen-bond acceptors (Lipinski definition) is 4. The maximum absolute atomic E-state index is 12.4. The molecule has 1 saturated heterocycles. The van der Waals surface area contributed by atoms with E-state index in [0.717, 1.165) is 5.56 Å². The van der Waals surface area contributed by atoms with Gasteiger partial charge in [0, 0.05) is 44.3 Å². The monoisotopic (exact) mass is 339 g/mol. The van der Waals surface area contributed by atoms with E-state index >= 15 is 0 Å². The Labute approximate surface area is 146 Å². The van der Waals surface area contributed by atoms with Gasteiger partial charge in [-0.3, -0.25) is 14.7 Å². The lowest BCUT2D eigenvalue weighted by atomic mass is 10.2. The van der Waals surface area contributed by atoms with Gasteiger partial charge >= 0.3 is 6.03 Å². The third-order valence-electron chi connectivity index (χ3n) is 4.13. The Hall–Kier alpha value is -2.96. The number of nitrogens with one attached hydrogen (secondary N) is 1. The maximum Gasteiger partial charge on any atom is 0.326 e. The van der Waals surface area contributed by atoms with Crippen LogP contribution in [0.3, 0.4) is 0 Å². The van der Waals surface area contributed by atoms with Gasteiger partial charge in [0.25, 0.3) is 5.91 Å². The molecule has 3 amide bonds. The molecule has 25 heavy (non-hydrogen) atoms. The molecule has 0 spiro atoms. The van der Waals surface area contributed by atoms with Gasteiger partial charge in [-0.05, 0) is 37.6 Å². The first-order chi connectivity index (χ1) is 12.1. The lowest BCUT2D eigenvalue weighted by Gasteiger charge is -2.21. The Morgan fingerprint density at radius 1 is 1.24 bits per heavy atom. The summed E-state index contributed by atoms with van der Waals surface area (Å²) in [6.07, 6.45) is 4.83. The van der Waals surface area contributed by atoms with Gasteiger partial charge in [0.2, 0.25) is 0 Å². The van der Waals surface area contributed by atoms with Crippen LogP contribution >= 0.6 is 0 Å². The van der Waals surface area contributed by atoms with Crippen molar-refractivity contribution in [2.45, 2.75) is 26.4 Å². The average molecular weight is 339 g/mol. The normalized spacial score (nSPS) is 14.3. The second kappa shape index (κ2) is 7.29. The fourth-order valence-corrected chi connectivity index (χ4v) is 2.71. The molecule has 0 saturated carbocycles. The smallest absolute Gasteiger partial charge is 0.326 e. The minimum absolute atomic E-state index is 0.0138. The molecule has 7 heteroatoms. The predicted octanol–water partition coefficient (Wildman–Crippen LogP) is 2.06. The van der Waals surface area contributed by atoms with Crippen LogP contribution in [0.4, 0.5) is 10.6 Å². The van der Waals surface area contributed by atoms with Gasteiger partial charge < -0.3 is 10.2 Å². The van der Waals surface area contributed by atoms with E-state index < -0.39 is 0 Å². The Morgan fingerprint density at radius 3 is 2.68 bits per heavy atom. The fraction of sp³-hybridized carbons (Fsp3) is 0.333. The number of carbonyl (C=O) groups is 2. The second-order valence-electron chi connectivity index (χ2n) is 6.17. The first-order valence-corrected chi connectivity index (χ1v) is 8.27. The molecule has 0 aromatic carbocycles. The van der Waals surface area contributed by atoms with E-state index in [4.69, 9.17) is 0 Å². The zero-order valence-electron chi connectivity index (χ0n) is 14.3. The summed E-state index contributed by atoms with van der Waals surface area (Å²) < 4.78 is 0. The quantitative estimate of drug-likeness (QED) is 0.904. The van der Waals surface area contributed by atoms with Gasteiger partial charge in [-0.25, -0.2) is 9.78 Å². The predicted molar refractivity (Wildman–Crippen MR) is 94.2 cm³/mol. The summed E-state index contributed by atoms with van der Waals surface area (Å²) in [6, 6.07) is 7.28. The molecular weight excluding hydrogens is 318 g/mol. The number of nitrogens with zero attached hydrogens (tertiary/aromatic N) is 4. The summed E-state index contributed by atoms with van der Waals surface area (Å²) in [4.78, 5) is 36.2. The fourth-order valence-electron chi connectivity index (χ4n) is 2.71. The summed E-state index contributed by atoms with van der Waals surface area (Å²) in [6.45, 7) is 5.72. The molecule has 130 valence electrons. The molecule has 1 fully saturated rings. The molecular formula is C18H21N5O2. The van der Waals surface area contributed by atoms with E-state index in [1.54, 1.807) is 29.4 Å². The van der Waals surface area contributed by atoms with Gasteiger partial charge in [0.15, 0.2) is 0 Å². The molecule has 2 aromatic rings. The minimum Gasteiger partial charge on any atom is -0.348 e. The van der Waals surface area contributed by atoms with Crippen molar-refractivity contribution in [1.82, 2.24) is 20.2 Å². The highest BCUT2D eigenvalue weighted by Gasteiger charge is 2.31. The van der Waals surface area contributed by atoms with Crippen molar-refractivity contribution in [3.05, 3.63) is 54.0 Å².